The Hall–Kier alpha value is 2.28. The van der Waals surface area contributed by atoms with Crippen LogP contribution in [0.1, 0.15) is 0 Å². The van der Waals surface area contributed by atoms with E-state index in [1.807, 2.05) is 0 Å². The van der Waals surface area contributed by atoms with Crippen LogP contribution < -0.4 is 0 Å². The van der Waals surface area contributed by atoms with E-state index in [0.29, 0.717) is 0 Å². The normalized spacial score (nSPS) is 24.0. The van der Waals surface area contributed by atoms with Crippen molar-refractivity contribution in [1.82, 2.24) is 0 Å². The SMILES string of the molecule is [O]1[Sn][O][Sn][O][Sn]1. The first kappa shape index (κ1) is 6.40. The summed E-state index contributed by atoms with van der Waals surface area (Å²) in [4.78, 5) is 0. The van der Waals surface area contributed by atoms with Crippen molar-refractivity contribution in [2.24, 2.45) is 0 Å². The van der Waals surface area contributed by atoms with Crippen LogP contribution in [-0.4, -0.2) is 65.9 Å². The maximum atomic E-state index is 5.01. The van der Waals surface area contributed by atoms with Crippen LogP contribution in [-0.2, 0) is 4.23 Å². The van der Waals surface area contributed by atoms with Gasteiger partial charge in [-0.3, -0.25) is 0 Å². The van der Waals surface area contributed by atoms with Crippen LogP contribution in [0.25, 0.3) is 0 Å². The summed E-state index contributed by atoms with van der Waals surface area (Å²) in [6, 6.07) is 0. The van der Waals surface area contributed by atoms with Crippen LogP contribution in [0, 0.1) is 0 Å². The molecule has 0 bridgehead atoms. The fourth-order valence-corrected chi connectivity index (χ4v) is 21.2. The fraction of sp³-hybridized carbons (Fsp3) is 0. The average molecular weight is 404 g/mol. The van der Waals surface area contributed by atoms with Gasteiger partial charge in [0.1, 0.15) is 0 Å². The molecule has 0 aromatic heterocycles. The van der Waals surface area contributed by atoms with Crippen molar-refractivity contribution in [2.75, 3.05) is 0 Å². The molecule has 1 fully saturated rings. The van der Waals surface area contributed by atoms with Gasteiger partial charge in [0.05, 0.1) is 0 Å². The van der Waals surface area contributed by atoms with Crippen LogP contribution >= 0.6 is 0 Å². The van der Waals surface area contributed by atoms with Crippen molar-refractivity contribution in [3.8, 4) is 0 Å². The van der Waals surface area contributed by atoms with Crippen molar-refractivity contribution >= 4 is 65.9 Å². The molecular weight excluding hydrogens is 404 g/mol. The second-order valence-corrected chi connectivity index (χ2v) is 15.5. The van der Waals surface area contributed by atoms with Crippen LogP contribution in [0.2, 0.25) is 0 Å². The summed E-state index contributed by atoms with van der Waals surface area (Å²) in [5, 5.41) is 0. The molecule has 0 aromatic carbocycles. The Labute approximate surface area is 69.0 Å². The summed E-state index contributed by atoms with van der Waals surface area (Å²) in [6.45, 7) is 0. The molecule has 30 valence electrons. The predicted molar refractivity (Wildman–Crippen MR) is 20.5 cm³/mol. The molecule has 3 nitrogen and oxygen atoms in total. The van der Waals surface area contributed by atoms with E-state index in [4.69, 9.17) is 4.23 Å². The molecule has 0 N–H and O–H groups in total. The van der Waals surface area contributed by atoms with Gasteiger partial charge in [-0.05, 0) is 0 Å². The molecule has 0 spiro atoms. The van der Waals surface area contributed by atoms with Crippen LogP contribution in [0.4, 0.5) is 0 Å². The van der Waals surface area contributed by atoms with Gasteiger partial charge in [-0.15, -0.1) is 0 Å². The summed E-state index contributed by atoms with van der Waals surface area (Å²) in [5.74, 6) is 0. The fourth-order valence-electron chi connectivity index (χ4n) is 0.114. The van der Waals surface area contributed by atoms with E-state index < -0.39 is 65.9 Å². The monoisotopic (exact) mass is 408 g/mol. The third kappa shape index (κ3) is 2.55. The predicted octanol–water partition coefficient (Wildman–Crippen LogP) is -1.35. The van der Waals surface area contributed by atoms with Gasteiger partial charge in [0.15, 0.2) is 0 Å². The first-order valence-corrected chi connectivity index (χ1v) is 8.22. The topological polar surface area (TPSA) is 27.7 Å². The zero-order chi connectivity index (χ0) is 4.24. The van der Waals surface area contributed by atoms with E-state index in [-0.39, 0.29) is 0 Å². The first-order chi connectivity index (χ1) is 3.00. The Morgan fingerprint density at radius 1 is 0.667 bits per heavy atom. The molecule has 6 radical (unpaired) electrons. The minimum absolute atomic E-state index is 0.687. The molecule has 6 heavy (non-hydrogen) atoms. The van der Waals surface area contributed by atoms with Crippen LogP contribution in [0.15, 0.2) is 0 Å². The molecule has 1 rings (SSSR count). The van der Waals surface area contributed by atoms with Crippen molar-refractivity contribution in [1.29, 1.82) is 0 Å². The van der Waals surface area contributed by atoms with Gasteiger partial charge >= 0.3 is 70.1 Å². The van der Waals surface area contributed by atoms with E-state index in [1.165, 1.54) is 0 Å². The zero-order valence-corrected chi connectivity index (χ0v) is 11.3. The molecule has 1 aliphatic heterocycles. The van der Waals surface area contributed by atoms with Crippen molar-refractivity contribution < 1.29 is 4.23 Å². The quantitative estimate of drug-likeness (QED) is 0.468. The van der Waals surface area contributed by atoms with Gasteiger partial charge < -0.3 is 0 Å². The molecule has 1 heterocycles. The Morgan fingerprint density at radius 3 is 1.17 bits per heavy atom. The molecule has 0 amide bonds. The van der Waals surface area contributed by atoms with Gasteiger partial charge in [-0.2, -0.15) is 0 Å². The molecule has 0 unspecified atom stereocenters. The average Bonchev–Trinajstić information content (AvgIpc) is 1.72. The number of hydrogen-bond acceptors (Lipinski definition) is 3. The van der Waals surface area contributed by atoms with Crippen molar-refractivity contribution in [2.45, 2.75) is 0 Å². The van der Waals surface area contributed by atoms with Gasteiger partial charge in [-0.25, -0.2) is 0 Å². The Bertz CT molecular complexity index is 21.5. The molecule has 0 aliphatic carbocycles. The van der Waals surface area contributed by atoms with Crippen LogP contribution in [0.5, 0.6) is 0 Å². The van der Waals surface area contributed by atoms with Gasteiger partial charge in [-0.1, -0.05) is 0 Å². The Morgan fingerprint density at radius 2 is 1.00 bits per heavy atom. The summed E-state index contributed by atoms with van der Waals surface area (Å²) in [5.41, 5.74) is 0. The Kier molecular flexibility index (Phi) is 4.46. The van der Waals surface area contributed by atoms with E-state index in [9.17, 15) is 0 Å². The van der Waals surface area contributed by atoms with E-state index in [2.05, 4.69) is 0 Å². The third-order valence-electron chi connectivity index (χ3n) is 0.250. The molecule has 1 saturated heterocycles. The molecule has 0 aromatic rings. The van der Waals surface area contributed by atoms with Crippen molar-refractivity contribution in [3.63, 3.8) is 0 Å². The van der Waals surface area contributed by atoms with Crippen molar-refractivity contribution in [3.05, 3.63) is 0 Å². The second-order valence-electron chi connectivity index (χ2n) is 0.556. The summed E-state index contributed by atoms with van der Waals surface area (Å²) in [6.07, 6.45) is 0. The van der Waals surface area contributed by atoms with E-state index in [1.54, 1.807) is 0 Å². The first-order valence-electron chi connectivity index (χ1n) is 1.22. The van der Waals surface area contributed by atoms with Gasteiger partial charge in [0, 0.05) is 0 Å². The molecule has 0 atom stereocenters. The standard InChI is InChI=1S/3O.3Sn. The van der Waals surface area contributed by atoms with E-state index in [0.717, 1.165) is 0 Å². The van der Waals surface area contributed by atoms with Gasteiger partial charge in [0.2, 0.25) is 0 Å². The summed E-state index contributed by atoms with van der Waals surface area (Å²) >= 11 is -2.06. The number of hydrogen-bond donors (Lipinski definition) is 0. The summed E-state index contributed by atoms with van der Waals surface area (Å²) in [7, 11) is 0. The second kappa shape index (κ2) is 4.18. The summed E-state index contributed by atoms with van der Waals surface area (Å²) < 4.78 is 15.0. The molecule has 1 aliphatic rings. The van der Waals surface area contributed by atoms with Gasteiger partial charge in [0.25, 0.3) is 0 Å². The third-order valence-corrected chi connectivity index (χ3v) is 11.2. The maximum absolute atomic E-state index is 5.01. The molecular formula is O3Sn3. The Balaban J connectivity index is 2.00. The molecule has 0 saturated carbocycles. The zero-order valence-electron chi connectivity index (χ0n) is 2.72. The van der Waals surface area contributed by atoms with E-state index >= 15 is 0 Å². The van der Waals surface area contributed by atoms with Crippen LogP contribution in [0.3, 0.4) is 0 Å². The molecule has 6 heteroatoms. The minimum atomic E-state index is -0.687. The number of rotatable bonds is 0.